The summed E-state index contributed by atoms with van der Waals surface area (Å²) < 4.78 is 1.86. The van der Waals surface area contributed by atoms with Crippen LogP contribution in [-0.2, 0) is 17.9 Å². The highest BCUT2D eigenvalue weighted by Gasteiger charge is 2.22. The standard InChI is InChI=1S/C12H19ClN4O/c1-3-17-10(12(13)8(2)16-17)6-14-7-11(18)15-9-4-5-9/h9,14H,3-7H2,1-2H3,(H,15,18). The van der Waals surface area contributed by atoms with Crippen molar-refractivity contribution >= 4 is 17.5 Å². The zero-order valence-corrected chi connectivity index (χ0v) is 11.5. The van der Waals surface area contributed by atoms with Crippen LogP contribution >= 0.6 is 11.6 Å². The molecule has 2 rings (SSSR count). The Kier molecular flexibility index (Phi) is 4.24. The fourth-order valence-electron chi connectivity index (χ4n) is 1.84. The van der Waals surface area contributed by atoms with Gasteiger partial charge in [-0.25, -0.2) is 0 Å². The van der Waals surface area contributed by atoms with Crippen LogP contribution in [0.2, 0.25) is 5.02 Å². The molecule has 0 atom stereocenters. The highest BCUT2D eigenvalue weighted by atomic mass is 35.5. The van der Waals surface area contributed by atoms with Crippen molar-refractivity contribution in [3.63, 3.8) is 0 Å². The van der Waals surface area contributed by atoms with Gasteiger partial charge in [0.1, 0.15) is 0 Å². The van der Waals surface area contributed by atoms with Gasteiger partial charge in [0, 0.05) is 19.1 Å². The molecule has 18 heavy (non-hydrogen) atoms. The minimum absolute atomic E-state index is 0.0490. The zero-order chi connectivity index (χ0) is 13.1. The van der Waals surface area contributed by atoms with Crippen molar-refractivity contribution in [3.8, 4) is 0 Å². The van der Waals surface area contributed by atoms with Gasteiger partial charge in [-0.05, 0) is 26.7 Å². The summed E-state index contributed by atoms with van der Waals surface area (Å²) in [4.78, 5) is 11.5. The molecular formula is C12H19ClN4O. The first-order valence-electron chi connectivity index (χ1n) is 6.33. The largest absolute Gasteiger partial charge is 0.352 e. The molecule has 1 heterocycles. The average Bonchev–Trinajstić information content (AvgIpc) is 3.10. The van der Waals surface area contributed by atoms with Gasteiger partial charge < -0.3 is 10.6 Å². The monoisotopic (exact) mass is 270 g/mol. The molecular weight excluding hydrogens is 252 g/mol. The van der Waals surface area contributed by atoms with Gasteiger partial charge in [-0.15, -0.1) is 0 Å². The van der Waals surface area contributed by atoms with Crippen molar-refractivity contribution in [1.29, 1.82) is 0 Å². The molecule has 0 radical (unpaired) electrons. The summed E-state index contributed by atoms with van der Waals surface area (Å²) >= 11 is 6.18. The number of rotatable bonds is 6. The molecule has 2 N–H and O–H groups in total. The third kappa shape index (κ3) is 3.23. The van der Waals surface area contributed by atoms with E-state index in [0.717, 1.165) is 30.8 Å². The van der Waals surface area contributed by atoms with E-state index in [1.807, 2.05) is 18.5 Å². The van der Waals surface area contributed by atoms with Gasteiger partial charge >= 0.3 is 0 Å². The van der Waals surface area contributed by atoms with E-state index in [-0.39, 0.29) is 5.91 Å². The maximum atomic E-state index is 11.5. The molecule has 1 aliphatic carbocycles. The van der Waals surface area contributed by atoms with Gasteiger partial charge in [0.05, 0.1) is 23.0 Å². The normalized spacial score (nSPS) is 14.8. The molecule has 0 aliphatic heterocycles. The number of aryl methyl sites for hydroxylation is 2. The summed E-state index contributed by atoms with van der Waals surface area (Å²) in [5.41, 5.74) is 1.77. The second kappa shape index (κ2) is 5.71. The highest BCUT2D eigenvalue weighted by molar-refractivity contribution is 6.31. The molecule has 1 aromatic rings. The molecule has 1 amide bonds. The summed E-state index contributed by atoms with van der Waals surface area (Å²) in [6.45, 7) is 5.56. The van der Waals surface area contributed by atoms with E-state index in [1.165, 1.54) is 0 Å². The van der Waals surface area contributed by atoms with Crippen LogP contribution in [0.15, 0.2) is 0 Å². The van der Waals surface area contributed by atoms with Crippen molar-refractivity contribution in [3.05, 3.63) is 16.4 Å². The third-order valence-corrected chi connectivity index (χ3v) is 3.46. The minimum atomic E-state index is 0.0490. The van der Waals surface area contributed by atoms with E-state index in [0.29, 0.717) is 24.2 Å². The summed E-state index contributed by atoms with van der Waals surface area (Å²) in [5.74, 6) is 0.0490. The minimum Gasteiger partial charge on any atom is -0.352 e. The molecule has 0 unspecified atom stereocenters. The van der Waals surface area contributed by atoms with E-state index in [1.54, 1.807) is 0 Å². The Hall–Kier alpha value is -1.07. The number of hydrogen-bond acceptors (Lipinski definition) is 3. The summed E-state index contributed by atoms with van der Waals surface area (Å²) in [6, 6.07) is 0.409. The Morgan fingerprint density at radius 2 is 2.28 bits per heavy atom. The maximum absolute atomic E-state index is 11.5. The molecule has 0 spiro atoms. The molecule has 0 aromatic carbocycles. The smallest absolute Gasteiger partial charge is 0.234 e. The first kappa shape index (κ1) is 13.4. The first-order chi connectivity index (χ1) is 8.61. The lowest BCUT2D eigenvalue weighted by Gasteiger charge is -2.07. The Balaban J connectivity index is 1.83. The zero-order valence-electron chi connectivity index (χ0n) is 10.8. The van der Waals surface area contributed by atoms with Crippen molar-refractivity contribution in [1.82, 2.24) is 20.4 Å². The van der Waals surface area contributed by atoms with E-state index >= 15 is 0 Å². The lowest BCUT2D eigenvalue weighted by Crippen LogP contribution is -2.35. The first-order valence-corrected chi connectivity index (χ1v) is 6.71. The summed E-state index contributed by atoms with van der Waals surface area (Å²) in [7, 11) is 0. The Morgan fingerprint density at radius 1 is 1.56 bits per heavy atom. The predicted molar refractivity (Wildman–Crippen MR) is 70.5 cm³/mol. The molecule has 0 bridgehead atoms. The summed E-state index contributed by atoms with van der Waals surface area (Å²) in [6.07, 6.45) is 2.22. The van der Waals surface area contributed by atoms with Gasteiger partial charge in [-0.2, -0.15) is 5.10 Å². The molecule has 0 saturated heterocycles. The molecule has 1 aliphatic rings. The van der Waals surface area contributed by atoms with Crippen LogP contribution in [0.25, 0.3) is 0 Å². The second-order valence-electron chi connectivity index (χ2n) is 4.61. The Labute approximate surface area is 112 Å². The number of hydrogen-bond donors (Lipinski definition) is 2. The SMILES string of the molecule is CCn1nc(C)c(Cl)c1CNCC(=O)NC1CC1. The lowest BCUT2D eigenvalue weighted by molar-refractivity contribution is -0.120. The van der Waals surface area contributed by atoms with Crippen molar-refractivity contribution < 1.29 is 4.79 Å². The van der Waals surface area contributed by atoms with Gasteiger partial charge in [-0.3, -0.25) is 9.48 Å². The Bertz CT molecular complexity index is 440. The van der Waals surface area contributed by atoms with Gasteiger partial charge in [0.25, 0.3) is 0 Å². The fourth-order valence-corrected chi connectivity index (χ4v) is 2.04. The van der Waals surface area contributed by atoms with Crippen LogP contribution in [0.5, 0.6) is 0 Å². The predicted octanol–water partition coefficient (Wildman–Crippen LogP) is 1.23. The topological polar surface area (TPSA) is 59.0 Å². The molecule has 5 nitrogen and oxygen atoms in total. The molecule has 6 heteroatoms. The number of aromatic nitrogens is 2. The van der Waals surface area contributed by atoms with Gasteiger partial charge in [0.2, 0.25) is 5.91 Å². The van der Waals surface area contributed by atoms with E-state index in [2.05, 4.69) is 15.7 Å². The second-order valence-corrected chi connectivity index (χ2v) is 4.99. The number of nitrogens with one attached hydrogen (secondary N) is 2. The molecule has 100 valence electrons. The summed E-state index contributed by atoms with van der Waals surface area (Å²) in [5, 5.41) is 11.1. The number of carbonyl (C=O) groups excluding carboxylic acids is 1. The third-order valence-electron chi connectivity index (χ3n) is 2.97. The lowest BCUT2D eigenvalue weighted by atomic mass is 10.3. The van der Waals surface area contributed by atoms with E-state index in [9.17, 15) is 4.79 Å². The van der Waals surface area contributed by atoms with Gasteiger partial charge in [0.15, 0.2) is 0 Å². The fraction of sp³-hybridized carbons (Fsp3) is 0.667. The number of halogens is 1. The molecule has 1 fully saturated rings. The number of amides is 1. The number of carbonyl (C=O) groups is 1. The van der Waals surface area contributed by atoms with Gasteiger partial charge in [-0.1, -0.05) is 11.6 Å². The quantitative estimate of drug-likeness (QED) is 0.818. The van der Waals surface area contributed by atoms with Crippen molar-refractivity contribution in [2.24, 2.45) is 0 Å². The van der Waals surface area contributed by atoms with Crippen molar-refractivity contribution in [2.45, 2.75) is 45.8 Å². The van der Waals surface area contributed by atoms with Crippen LogP contribution in [0.1, 0.15) is 31.2 Å². The van der Waals surface area contributed by atoms with Crippen LogP contribution in [-0.4, -0.2) is 28.3 Å². The van der Waals surface area contributed by atoms with Crippen LogP contribution in [0.3, 0.4) is 0 Å². The van der Waals surface area contributed by atoms with E-state index < -0.39 is 0 Å². The maximum Gasteiger partial charge on any atom is 0.234 e. The van der Waals surface area contributed by atoms with Crippen LogP contribution < -0.4 is 10.6 Å². The molecule has 1 saturated carbocycles. The van der Waals surface area contributed by atoms with Crippen LogP contribution in [0.4, 0.5) is 0 Å². The molecule has 1 aromatic heterocycles. The van der Waals surface area contributed by atoms with Crippen molar-refractivity contribution in [2.75, 3.05) is 6.54 Å². The highest BCUT2D eigenvalue weighted by Crippen LogP contribution is 2.20. The Morgan fingerprint density at radius 3 is 2.89 bits per heavy atom. The van der Waals surface area contributed by atoms with Crippen LogP contribution in [0, 0.1) is 6.92 Å². The number of nitrogens with zero attached hydrogens (tertiary/aromatic N) is 2. The van der Waals surface area contributed by atoms with E-state index in [4.69, 9.17) is 11.6 Å². The average molecular weight is 271 g/mol.